The van der Waals surface area contributed by atoms with E-state index in [4.69, 9.17) is 0 Å². The van der Waals surface area contributed by atoms with Crippen molar-refractivity contribution in [2.75, 3.05) is 18.1 Å². The van der Waals surface area contributed by atoms with E-state index in [0.717, 1.165) is 16.8 Å². The molecule has 0 unspecified atom stereocenters. The van der Waals surface area contributed by atoms with E-state index < -0.39 is 15.9 Å². The van der Waals surface area contributed by atoms with Gasteiger partial charge in [-0.3, -0.25) is 4.79 Å². The number of hydrogen-bond acceptors (Lipinski definition) is 4. The van der Waals surface area contributed by atoms with Crippen molar-refractivity contribution >= 4 is 15.7 Å². The average molecular weight is 356 g/mol. The summed E-state index contributed by atoms with van der Waals surface area (Å²) in [7, 11) is -3.06. The zero-order valence-electron chi connectivity index (χ0n) is 15.1. The molecule has 1 aliphatic heterocycles. The fraction of sp³-hybridized carbons (Fsp3) is 0.706. The molecule has 24 heavy (non-hydrogen) atoms. The smallest absolute Gasteiger partial charge is 0.270 e. The highest BCUT2D eigenvalue weighted by Gasteiger charge is 2.36. The monoisotopic (exact) mass is 356 g/mol. The number of rotatable bonds is 5. The molecule has 2 heterocycles. The lowest BCUT2D eigenvalue weighted by Gasteiger charge is -2.30. The van der Waals surface area contributed by atoms with Gasteiger partial charge < -0.3 is 15.0 Å². The number of sulfone groups is 1. The number of nitrogens with one attached hydrogen (secondary N) is 1. The zero-order chi connectivity index (χ0) is 18.2. The van der Waals surface area contributed by atoms with Crippen LogP contribution in [0.15, 0.2) is 0 Å². The molecule has 0 bridgehead atoms. The Morgan fingerprint density at radius 2 is 1.96 bits per heavy atom. The number of nitrogens with zero attached hydrogens (tertiary/aromatic N) is 1. The second kappa shape index (κ2) is 6.88. The van der Waals surface area contributed by atoms with E-state index in [9.17, 15) is 18.3 Å². The van der Waals surface area contributed by atoms with Gasteiger partial charge in [0.25, 0.3) is 5.91 Å². The molecule has 0 aromatic carbocycles. The first-order valence-electron chi connectivity index (χ1n) is 8.42. The van der Waals surface area contributed by atoms with E-state index in [-0.39, 0.29) is 29.4 Å². The molecule has 1 aromatic rings. The van der Waals surface area contributed by atoms with Crippen LogP contribution in [0.4, 0.5) is 0 Å². The maximum absolute atomic E-state index is 13.1. The van der Waals surface area contributed by atoms with Crippen molar-refractivity contribution in [2.45, 2.75) is 53.2 Å². The average Bonchev–Trinajstić information content (AvgIpc) is 2.94. The quantitative estimate of drug-likeness (QED) is 0.844. The molecule has 1 fully saturated rings. The van der Waals surface area contributed by atoms with E-state index in [1.165, 1.54) is 0 Å². The molecule has 6 nitrogen and oxygen atoms in total. The van der Waals surface area contributed by atoms with Crippen LogP contribution in [-0.2, 0) is 9.84 Å². The summed E-state index contributed by atoms with van der Waals surface area (Å²) in [5, 5.41) is 9.92. The number of aryl methyl sites for hydroxylation is 1. The predicted molar refractivity (Wildman–Crippen MR) is 93.8 cm³/mol. The molecule has 2 atom stereocenters. The molecule has 1 amide bonds. The Bertz CT molecular complexity index is 719. The minimum atomic E-state index is -3.06. The third-order valence-corrected chi connectivity index (χ3v) is 6.35. The number of hydrogen-bond donors (Lipinski definition) is 2. The Labute approximate surface area is 144 Å². The number of aliphatic hydroxyl groups excluding tert-OH is 1. The van der Waals surface area contributed by atoms with Crippen LogP contribution in [0.25, 0.3) is 0 Å². The maximum Gasteiger partial charge on any atom is 0.270 e. The molecule has 0 spiro atoms. The Morgan fingerprint density at radius 3 is 2.38 bits per heavy atom. The minimum absolute atomic E-state index is 0.0352. The molecule has 2 rings (SSSR count). The van der Waals surface area contributed by atoms with Gasteiger partial charge in [-0.15, -0.1) is 0 Å². The van der Waals surface area contributed by atoms with E-state index in [1.807, 2.05) is 27.7 Å². The van der Waals surface area contributed by atoms with Crippen LogP contribution in [0, 0.1) is 19.8 Å². The first-order chi connectivity index (χ1) is 11.0. The number of aromatic amines is 1. The maximum atomic E-state index is 13.1. The summed E-state index contributed by atoms with van der Waals surface area (Å²) in [5.41, 5.74) is 2.70. The van der Waals surface area contributed by atoms with E-state index >= 15 is 0 Å². The van der Waals surface area contributed by atoms with Crippen molar-refractivity contribution in [1.29, 1.82) is 0 Å². The van der Waals surface area contributed by atoms with Gasteiger partial charge in [-0.1, -0.05) is 13.8 Å². The summed E-state index contributed by atoms with van der Waals surface area (Å²) in [5.74, 6) is 0.234. The van der Waals surface area contributed by atoms with Crippen molar-refractivity contribution in [2.24, 2.45) is 5.92 Å². The van der Waals surface area contributed by atoms with Crippen molar-refractivity contribution < 1.29 is 18.3 Å². The van der Waals surface area contributed by atoms with Crippen molar-refractivity contribution in [1.82, 2.24) is 9.88 Å². The van der Waals surface area contributed by atoms with E-state index in [1.54, 1.807) is 11.8 Å². The SMILES string of the molecule is Cc1[nH]c(C(=O)N(CC(C)C)[C@H]2CCS(=O)(=O)C2)c(C)c1[C@H](C)O. The van der Waals surface area contributed by atoms with E-state index in [2.05, 4.69) is 4.98 Å². The molecule has 1 saturated heterocycles. The van der Waals surface area contributed by atoms with Crippen molar-refractivity contribution in [3.05, 3.63) is 22.5 Å². The largest absolute Gasteiger partial charge is 0.389 e. The Balaban J connectivity index is 2.37. The van der Waals surface area contributed by atoms with Gasteiger partial charge >= 0.3 is 0 Å². The van der Waals surface area contributed by atoms with Crippen molar-refractivity contribution in [3.8, 4) is 0 Å². The molecular weight excluding hydrogens is 328 g/mol. The Hall–Kier alpha value is -1.34. The van der Waals surface area contributed by atoms with Crippen LogP contribution in [0.3, 0.4) is 0 Å². The first-order valence-corrected chi connectivity index (χ1v) is 10.2. The van der Waals surface area contributed by atoms with Gasteiger partial charge in [0, 0.05) is 23.8 Å². The molecule has 136 valence electrons. The molecule has 2 N–H and O–H groups in total. The van der Waals surface area contributed by atoms with E-state index in [0.29, 0.717) is 18.7 Å². The summed E-state index contributed by atoms with van der Waals surface area (Å²) in [6.07, 6.45) is -0.170. The van der Waals surface area contributed by atoms with Gasteiger partial charge in [0.15, 0.2) is 9.84 Å². The standard InChI is InChI=1S/C17H28N2O4S/c1-10(2)8-19(14-6-7-24(22,23)9-14)17(21)16-11(3)15(13(5)20)12(4)18-16/h10,13-14,18,20H,6-9H2,1-5H3/t13-,14-/m0/s1. The second-order valence-electron chi connectivity index (χ2n) is 7.25. The third kappa shape index (κ3) is 3.83. The molecule has 0 saturated carbocycles. The molecule has 1 aromatic heterocycles. The molecule has 0 radical (unpaired) electrons. The number of carbonyl (C=O) groups is 1. The number of amides is 1. The third-order valence-electron chi connectivity index (χ3n) is 4.60. The highest BCUT2D eigenvalue weighted by Crippen LogP contribution is 2.27. The lowest BCUT2D eigenvalue weighted by atomic mass is 10.0. The fourth-order valence-electron chi connectivity index (χ4n) is 3.56. The minimum Gasteiger partial charge on any atom is -0.389 e. The van der Waals surface area contributed by atoms with Crippen LogP contribution in [0.2, 0.25) is 0 Å². The molecule has 7 heteroatoms. The molecular formula is C17H28N2O4S. The number of carbonyl (C=O) groups excluding carboxylic acids is 1. The van der Waals surface area contributed by atoms with Crippen LogP contribution in [-0.4, -0.2) is 53.4 Å². The van der Waals surface area contributed by atoms with Crippen LogP contribution < -0.4 is 0 Å². The number of aromatic nitrogens is 1. The highest BCUT2D eigenvalue weighted by atomic mass is 32.2. The Kier molecular flexibility index (Phi) is 5.44. The van der Waals surface area contributed by atoms with Gasteiger partial charge in [0.05, 0.1) is 17.6 Å². The number of H-pyrrole nitrogens is 1. The lowest BCUT2D eigenvalue weighted by Crippen LogP contribution is -2.43. The van der Waals surface area contributed by atoms with Gasteiger partial charge in [0.2, 0.25) is 0 Å². The lowest BCUT2D eigenvalue weighted by molar-refractivity contribution is 0.0666. The predicted octanol–water partition coefficient (Wildman–Crippen LogP) is 1.97. The van der Waals surface area contributed by atoms with Crippen LogP contribution in [0.1, 0.15) is 60.6 Å². The van der Waals surface area contributed by atoms with Crippen LogP contribution >= 0.6 is 0 Å². The normalized spacial score (nSPS) is 21.2. The highest BCUT2D eigenvalue weighted by molar-refractivity contribution is 7.91. The molecule has 1 aliphatic rings. The van der Waals surface area contributed by atoms with Gasteiger partial charge in [-0.25, -0.2) is 8.42 Å². The summed E-state index contributed by atoms with van der Waals surface area (Å²) >= 11 is 0. The summed E-state index contributed by atoms with van der Waals surface area (Å²) in [6, 6.07) is -0.275. The topological polar surface area (TPSA) is 90.5 Å². The van der Waals surface area contributed by atoms with Gasteiger partial charge in [-0.05, 0) is 38.7 Å². The number of aliphatic hydroxyl groups is 1. The fourth-order valence-corrected chi connectivity index (χ4v) is 5.29. The second-order valence-corrected chi connectivity index (χ2v) is 9.48. The molecule has 0 aliphatic carbocycles. The van der Waals surface area contributed by atoms with Crippen LogP contribution in [0.5, 0.6) is 0 Å². The van der Waals surface area contributed by atoms with Gasteiger partial charge in [-0.2, -0.15) is 0 Å². The summed E-state index contributed by atoms with van der Waals surface area (Å²) in [6.45, 7) is 9.86. The Morgan fingerprint density at radius 1 is 1.33 bits per heavy atom. The summed E-state index contributed by atoms with van der Waals surface area (Å²) < 4.78 is 23.7. The van der Waals surface area contributed by atoms with Crippen molar-refractivity contribution in [3.63, 3.8) is 0 Å². The zero-order valence-corrected chi connectivity index (χ0v) is 15.9. The first kappa shape index (κ1) is 19.0. The summed E-state index contributed by atoms with van der Waals surface area (Å²) in [4.78, 5) is 17.9. The van der Waals surface area contributed by atoms with Gasteiger partial charge in [0.1, 0.15) is 5.69 Å².